The number of para-hydroxylation sites is 2. The van der Waals surface area contributed by atoms with Crippen molar-refractivity contribution in [2.45, 2.75) is 10.9 Å². The Balaban J connectivity index is 1.48. The van der Waals surface area contributed by atoms with Crippen molar-refractivity contribution >= 4 is 39.6 Å². The van der Waals surface area contributed by atoms with Crippen molar-refractivity contribution in [2.75, 3.05) is 0 Å². The molecule has 0 bridgehead atoms. The number of nitrogens with zero attached hydrogens (tertiary/aromatic N) is 5. The number of aromatic nitrogens is 5. The van der Waals surface area contributed by atoms with Gasteiger partial charge in [-0.05, 0) is 18.2 Å². The Kier molecular flexibility index (Phi) is 4.29. The van der Waals surface area contributed by atoms with Crippen molar-refractivity contribution in [1.29, 1.82) is 0 Å². The van der Waals surface area contributed by atoms with Gasteiger partial charge in [-0.25, -0.2) is 14.6 Å². The number of H-pyrrole nitrogens is 1. The Morgan fingerprint density at radius 3 is 2.77 bits per heavy atom. The number of nitro groups is 1. The first kappa shape index (κ1) is 18.1. The van der Waals surface area contributed by atoms with Gasteiger partial charge in [0.1, 0.15) is 5.39 Å². The standard InChI is InChI=1S/C19H12N6O4S/c26-18-12-9-20-24(11-5-2-1-3-6-11)17(12)22-19(23-18)30-10-15-21-16-13(25(27)28)7-4-8-14(16)29-15/h1-9H,10H2,(H,22,23,26). The first-order valence-electron chi connectivity index (χ1n) is 8.79. The third-order valence-corrected chi connectivity index (χ3v) is 5.25. The lowest BCUT2D eigenvalue weighted by atomic mass is 10.3. The van der Waals surface area contributed by atoms with E-state index in [0.717, 1.165) is 5.69 Å². The van der Waals surface area contributed by atoms with Crippen LogP contribution >= 0.6 is 11.8 Å². The van der Waals surface area contributed by atoms with E-state index in [0.29, 0.717) is 27.7 Å². The highest BCUT2D eigenvalue weighted by Crippen LogP contribution is 2.28. The van der Waals surface area contributed by atoms with Gasteiger partial charge in [0, 0.05) is 6.07 Å². The van der Waals surface area contributed by atoms with Crippen LogP contribution in [0.2, 0.25) is 0 Å². The molecule has 5 rings (SSSR count). The first-order chi connectivity index (χ1) is 14.6. The second-order valence-corrected chi connectivity index (χ2v) is 7.24. The molecule has 0 aliphatic rings. The number of thioether (sulfide) groups is 1. The minimum Gasteiger partial charge on any atom is -0.439 e. The van der Waals surface area contributed by atoms with Crippen molar-refractivity contribution in [3.63, 3.8) is 0 Å². The number of aromatic amines is 1. The van der Waals surface area contributed by atoms with Crippen LogP contribution in [0.5, 0.6) is 0 Å². The molecular weight excluding hydrogens is 408 g/mol. The molecule has 0 aliphatic carbocycles. The summed E-state index contributed by atoms with van der Waals surface area (Å²) in [4.78, 5) is 34.5. The molecule has 30 heavy (non-hydrogen) atoms. The van der Waals surface area contributed by atoms with Crippen LogP contribution in [-0.4, -0.2) is 29.7 Å². The Morgan fingerprint density at radius 1 is 1.13 bits per heavy atom. The smallest absolute Gasteiger partial charge is 0.298 e. The Hall–Kier alpha value is -3.99. The number of oxazole rings is 1. The lowest BCUT2D eigenvalue weighted by Gasteiger charge is -2.03. The molecule has 148 valence electrons. The topological polar surface area (TPSA) is 133 Å². The summed E-state index contributed by atoms with van der Waals surface area (Å²) in [5.41, 5.74) is 1.31. The second kappa shape index (κ2) is 7.12. The fraction of sp³-hybridized carbons (Fsp3) is 0.0526. The van der Waals surface area contributed by atoms with Gasteiger partial charge in [-0.1, -0.05) is 36.0 Å². The van der Waals surface area contributed by atoms with E-state index < -0.39 is 4.92 Å². The maximum atomic E-state index is 12.4. The van der Waals surface area contributed by atoms with Crippen LogP contribution in [-0.2, 0) is 5.75 Å². The molecule has 0 saturated heterocycles. The van der Waals surface area contributed by atoms with E-state index in [1.807, 2.05) is 30.3 Å². The van der Waals surface area contributed by atoms with Crippen molar-refractivity contribution in [1.82, 2.24) is 24.7 Å². The molecular formula is C19H12N6O4S. The van der Waals surface area contributed by atoms with Gasteiger partial charge in [-0.15, -0.1) is 0 Å². The minimum atomic E-state index is -0.501. The number of hydrogen-bond acceptors (Lipinski definition) is 8. The van der Waals surface area contributed by atoms with Gasteiger partial charge in [-0.3, -0.25) is 14.9 Å². The number of nitro benzene ring substituents is 1. The number of nitrogens with one attached hydrogen (secondary N) is 1. The van der Waals surface area contributed by atoms with Crippen LogP contribution in [0.25, 0.3) is 27.8 Å². The van der Waals surface area contributed by atoms with Crippen LogP contribution in [0, 0.1) is 10.1 Å². The van der Waals surface area contributed by atoms with Gasteiger partial charge in [-0.2, -0.15) is 5.10 Å². The molecule has 3 aromatic heterocycles. The lowest BCUT2D eigenvalue weighted by molar-refractivity contribution is -0.383. The number of benzene rings is 2. The third-order valence-electron chi connectivity index (χ3n) is 4.39. The van der Waals surface area contributed by atoms with Gasteiger partial charge in [0.25, 0.3) is 11.2 Å². The Morgan fingerprint density at radius 2 is 1.97 bits per heavy atom. The highest BCUT2D eigenvalue weighted by molar-refractivity contribution is 7.98. The average Bonchev–Trinajstić information content (AvgIpc) is 3.36. The zero-order chi connectivity index (χ0) is 20.7. The molecule has 0 fully saturated rings. The number of hydrogen-bond donors (Lipinski definition) is 1. The third kappa shape index (κ3) is 3.10. The molecule has 5 aromatic rings. The highest BCUT2D eigenvalue weighted by atomic mass is 32.2. The summed E-state index contributed by atoms with van der Waals surface area (Å²) >= 11 is 1.21. The zero-order valence-electron chi connectivity index (χ0n) is 15.2. The molecule has 0 saturated carbocycles. The number of non-ortho nitro benzene ring substituents is 1. The van der Waals surface area contributed by atoms with Crippen LogP contribution in [0.3, 0.4) is 0 Å². The molecule has 0 atom stereocenters. The summed E-state index contributed by atoms with van der Waals surface area (Å²) in [6, 6.07) is 13.9. The molecule has 0 amide bonds. The fourth-order valence-corrected chi connectivity index (χ4v) is 3.74. The molecule has 0 radical (unpaired) electrons. The molecule has 3 heterocycles. The molecule has 1 N–H and O–H groups in total. The number of fused-ring (bicyclic) bond motifs is 2. The van der Waals surface area contributed by atoms with Crippen LogP contribution < -0.4 is 5.56 Å². The SMILES string of the molecule is O=c1[nH]c(SCc2nc3c([N+](=O)[O-])cccc3o2)nc2c1cnn2-c1ccccc1. The summed E-state index contributed by atoms with van der Waals surface area (Å²) in [5.74, 6) is 0.531. The zero-order valence-corrected chi connectivity index (χ0v) is 16.0. The molecule has 0 aliphatic heterocycles. The quantitative estimate of drug-likeness (QED) is 0.198. The summed E-state index contributed by atoms with van der Waals surface area (Å²) in [7, 11) is 0. The molecule has 2 aromatic carbocycles. The van der Waals surface area contributed by atoms with E-state index in [1.54, 1.807) is 16.8 Å². The van der Waals surface area contributed by atoms with E-state index >= 15 is 0 Å². The normalized spacial score (nSPS) is 11.3. The first-order valence-corrected chi connectivity index (χ1v) is 9.78. The Labute approximate surface area is 171 Å². The lowest BCUT2D eigenvalue weighted by Crippen LogP contribution is -2.09. The molecule has 0 unspecified atom stereocenters. The molecule has 10 nitrogen and oxygen atoms in total. The van der Waals surface area contributed by atoms with Crippen molar-refractivity contribution in [2.24, 2.45) is 0 Å². The predicted octanol–water partition coefficient (Wildman–Crippen LogP) is 3.45. The van der Waals surface area contributed by atoms with Gasteiger partial charge in [0.15, 0.2) is 21.9 Å². The Bertz CT molecular complexity index is 1460. The summed E-state index contributed by atoms with van der Waals surface area (Å²) in [5, 5.41) is 16.2. The molecule has 11 heteroatoms. The maximum absolute atomic E-state index is 12.4. The van der Waals surface area contributed by atoms with Gasteiger partial charge in [0.2, 0.25) is 5.89 Å². The monoisotopic (exact) mass is 420 g/mol. The average molecular weight is 420 g/mol. The molecule has 0 spiro atoms. The van der Waals surface area contributed by atoms with Crippen molar-refractivity contribution in [3.8, 4) is 5.69 Å². The van der Waals surface area contributed by atoms with Gasteiger partial charge in [0.05, 0.1) is 22.6 Å². The highest BCUT2D eigenvalue weighted by Gasteiger charge is 2.18. The summed E-state index contributed by atoms with van der Waals surface area (Å²) in [6.45, 7) is 0. The summed E-state index contributed by atoms with van der Waals surface area (Å²) in [6.07, 6.45) is 1.47. The van der Waals surface area contributed by atoms with Gasteiger partial charge < -0.3 is 9.40 Å². The van der Waals surface area contributed by atoms with Crippen LogP contribution in [0.4, 0.5) is 5.69 Å². The van der Waals surface area contributed by atoms with E-state index in [2.05, 4.69) is 20.1 Å². The van der Waals surface area contributed by atoms with Crippen molar-refractivity contribution in [3.05, 3.63) is 81.1 Å². The number of rotatable bonds is 5. The van der Waals surface area contributed by atoms with Gasteiger partial charge >= 0.3 is 0 Å². The van der Waals surface area contributed by atoms with E-state index in [4.69, 9.17) is 4.42 Å². The fourth-order valence-electron chi connectivity index (χ4n) is 3.04. The largest absolute Gasteiger partial charge is 0.439 e. The minimum absolute atomic E-state index is 0.118. The maximum Gasteiger partial charge on any atom is 0.298 e. The summed E-state index contributed by atoms with van der Waals surface area (Å²) < 4.78 is 7.20. The van der Waals surface area contributed by atoms with Crippen molar-refractivity contribution < 1.29 is 9.34 Å². The van der Waals surface area contributed by atoms with Crippen LogP contribution in [0.1, 0.15) is 5.89 Å². The van der Waals surface area contributed by atoms with E-state index in [9.17, 15) is 14.9 Å². The van der Waals surface area contributed by atoms with E-state index in [-0.39, 0.29) is 22.5 Å². The predicted molar refractivity (Wildman–Crippen MR) is 110 cm³/mol. The second-order valence-electron chi connectivity index (χ2n) is 6.28. The van der Waals surface area contributed by atoms with Crippen LogP contribution in [0.15, 0.2) is 69.1 Å². The van der Waals surface area contributed by atoms with E-state index in [1.165, 1.54) is 24.0 Å².